The number of hydrogen-bond acceptors (Lipinski definition) is 1. The third-order valence-corrected chi connectivity index (χ3v) is 3.46. The zero-order valence-electron chi connectivity index (χ0n) is 8.43. The van der Waals surface area contributed by atoms with Gasteiger partial charge in [0.2, 0.25) is 0 Å². The number of rotatable bonds is 1. The molecule has 1 nitrogen and oxygen atoms in total. The van der Waals surface area contributed by atoms with Gasteiger partial charge in [0.15, 0.2) is 5.78 Å². The first kappa shape index (κ1) is 9.72. The van der Waals surface area contributed by atoms with Crippen LogP contribution in [0.3, 0.4) is 0 Å². The maximum absolute atomic E-state index is 12.0. The van der Waals surface area contributed by atoms with E-state index in [0.29, 0.717) is 5.02 Å². The van der Waals surface area contributed by atoms with Crippen LogP contribution < -0.4 is 0 Å². The lowest BCUT2D eigenvalue weighted by Crippen LogP contribution is -2.22. The van der Waals surface area contributed by atoms with Gasteiger partial charge in [-0.2, -0.15) is 0 Å². The van der Waals surface area contributed by atoms with Gasteiger partial charge in [-0.05, 0) is 30.5 Å². The Bertz CT molecular complexity index is 397. The van der Waals surface area contributed by atoms with Crippen molar-refractivity contribution in [1.82, 2.24) is 0 Å². The lowest BCUT2D eigenvalue weighted by atomic mass is 9.83. The van der Waals surface area contributed by atoms with Gasteiger partial charge in [-0.15, -0.1) is 0 Å². The highest BCUT2D eigenvalue weighted by molar-refractivity contribution is 6.31. The standard InChI is InChI=1S/C12H13ClO/c1-3-12(2)7-8-4-5-9(13)6-10(8)11(12)14/h4-6H,3,7H2,1-2H3. The lowest BCUT2D eigenvalue weighted by Gasteiger charge is -2.18. The molecule has 2 rings (SSSR count). The van der Waals surface area contributed by atoms with Gasteiger partial charge < -0.3 is 0 Å². The Morgan fingerprint density at radius 2 is 2.21 bits per heavy atom. The van der Waals surface area contributed by atoms with Gasteiger partial charge in [-0.3, -0.25) is 4.79 Å². The summed E-state index contributed by atoms with van der Waals surface area (Å²) in [4.78, 5) is 12.0. The van der Waals surface area contributed by atoms with Crippen LogP contribution in [-0.4, -0.2) is 5.78 Å². The quantitative estimate of drug-likeness (QED) is 0.691. The summed E-state index contributed by atoms with van der Waals surface area (Å²) in [5, 5.41) is 0.650. The van der Waals surface area contributed by atoms with Crippen molar-refractivity contribution in [3.63, 3.8) is 0 Å². The monoisotopic (exact) mass is 208 g/mol. The maximum Gasteiger partial charge on any atom is 0.169 e. The first-order valence-corrected chi connectivity index (χ1v) is 5.28. The molecule has 2 heteroatoms. The van der Waals surface area contributed by atoms with Crippen molar-refractivity contribution >= 4 is 17.4 Å². The number of fused-ring (bicyclic) bond motifs is 1. The number of ketones is 1. The fraction of sp³-hybridized carbons (Fsp3) is 0.417. The number of hydrogen-bond donors (Lipinski definition) is 0. The molecule has 1 aliphatic rings. The van der Waals surface area contributed by atoms with Crippen molar-refractivity contribution in [3.05, 3.63) is 34.3 Å². The van der Waals surface area contributed by atoms with Crippen LogP contribution in [0.15, 0.2) is 18.2 Å². The van der Waals surface area contributed by atoms with Crippen molar-refractivity contribution in [3.8, 4) is 0 Å². The van der Waals surface area contributed by atoms with Crippen molar-refractivity contribution < 1.29 is 4.79 Å². The molecule has 1 aromatic carbocycles. The molecular weight excluding hydrogens is 196 g/mol. The van der Waals surface area contributed by atoms with E-state index in [1.54, 1.807) is 6.07 Å². The third kappa shape index (κ3) is 1.27. The molecule has 0 spiro atoms. The van der Waals surface area contributed by atoms with Crippen LogP contribution in [0, 0.1) is 5.41 Å². The highest BCUT2D eigenvalue weighted by Crippen LogP contribution is 2.39. The Morgan fingerprint density at radius 1 is 1.50 bits per heavy atom. The fourth-order valence-electron chi connectivity index (χ4n) is 2.03. The molecule has 0 amide bonds. The zero-order chi connectivity index (χ0) is 10.3. The van der Waals surface area contributed by atoms with E-state index in [0.717, 1.165) is 24.0 Å². The minimum Gasteiger partial charge on any atom is -0.294 e. The van der Waals surface area contributed by atoms with E-state index in [4.69, 9.17) is 11.6 Å². The molecular formula is C12H13ClO. The summed E-state index contributed by atoms with van der Waals surface area (Å²) in [5.41, 5.74) is 1.76. The second kappa shape index (κ2) is 3.09. The summed E-state index contributed by atoms with van der Waals surface area (Å²) in [6, 6.07) is 5.62. The van der Waals surface area contributed by atoms with Crippen LogP contribution in [0.4, 0.5) is 0 Å². The summed E-state index contributed by atoms with van der Waals surface area (Å²) >= 11 is 5.87. The SMILES string of the molecule is CCC1(C)Cc2ccc(Cl)cc2C1=O. The highest BCUT2D eigenvalue weighted by atomic mass is 35.5. The molecule has 74 valence electrons. The van der Waals surface area contributed by atoms with E-state index in [9.17, 15) is 4.79 Å². The van der Waals surface area contributed by atoms with Crippen LogP contribution in [0.2, 0.25) is 5.02 Å². The Hall–Kier alpha value is -0.820. The van der Waals surface area contributed by atoms with Crippen LogP contribution in [0.25, 0.3) is 0 Å². The van der Waals surface area contributed by atoms with E-state index in [1.165, 1.54) is 0 Å². The normalized spacial score (nSPS) is 25.2. The summed E-state index contributed by atoms with van der Waals surface area (Å²) in [5.74, 6) is 0.248. The predicted molar refractivity (Wildman–Crippen MR) is 57.9 cm³/mol. The van der Waals surface area contributed by atoms with E-state index >= 15 is 0 Å². The van der Waals surface area contributed by atoms with Gasteiger partial charge in [-0.25, -0.2) is 0 Å². The van der Waals surface area contributed by atoms with Gasteiger partial charge in [0.1, 0.15) is 0 Å². The van der Waals surface area contributed by atoms with E-state index < -0.39 is 0 Å². The number of Topliss-reactive ketones (excluding diaryl/α,β-unsaturated/α-hetero) is 1. The Kier molecular flexibility index (Phi) is 2.15. The summed E-state index contributed by atoms with van der Waals surface area (Å²) in [6.07, 6.45) is 1.74. The largest absolute Gasteiger partial charge is 0.294 e. The molecule has 0 aromatic heterocycles. The Labute approximate surface area is 89.1 Å². The molecule has 1 unspecified atom stereocenters. The van der Waals surface area contributed by atoms with E-state index in [-0.39, 0.29) is 11.2 Å². The molecule has 0 saturated heterocycles. The van der Waals surface area contributed by atoms with Crippen molar-refractivity contribution in [2.24, 2.45) is 5.41 Å². The molecule has 1 aliphatic carbocycles. The van der Waals surface area contributed by atoms with Crippen LogP contribution in [-0.2, 0) is 6.42 Å². The van der Waals surface area contributed by atoms with Crippen LogP contribution in [0.5, 0.6) is 0 Å². The molecule has 14 heavy (non-hydrogen) atoms. The van der Waals surface area contributed by atoms with Crippen LogP contribution in [0.1, 0.15) is 36.2 Å². The molecule has 0 bridgehead atoms. The van der Waals surface area contributed by atoms with Crippen molar-refractivity contribution in [1.29, 1.82) is 0 Å². The molecule has 0 aliphatic heterocycles. The lowest BCUT2D eigenvalue weighted by molar-refractivity contribution is 0.0837. The number of carbonyl (C=O) groups excluding carboxylic acids is 1. The van der Waals surface area contributed by atoms with Gasteiger partial charge >= 0.3 is 0 Å². The number of benzene rings is 1. The topological polar surface area (TPSA) is 17.1 Å². The minimum atomic E-state index is -0.201. The third-order valence-electron chi connectivity index (χ3n) is 3.23. The zero-order valence-corrected chi connectivity index (χ0v) is 9.19. The summed E-state index contributed by atoms with van der Waals surface area (Å²) in [7, 11) is 0. The van der Waals surface area contributed by atoms with Gasteiger partial charge in [0.25, 0.3) is 0 Å². The molecule has 0 fully saturated rings. The molecule has 0 N–H and O–H groups in total. The Morgan fingerprint density at radius 3 is 2.86 bits per heavy atom. The second-order valence-corrected chi connectivity index (χ2v) is 4.66. The van der Waals surface area contributed by atoms with Crippen molar-refractivity contribution in [2.75, 3.05) is 0 Å². The van der Waals surface area contributed by atoms with Crippen LogP contribution >= 0.6 is 11.6 Å². The highest BCUT2D eigenvalue weighted by Gasteiger charge is 2.39. The van der Waals surface area contributed by atoms with E-state index in [2.05, 4.69) is 6.92 Å². The maximum atomic E-state index is 12.0. The average Bonchev–Trinajstić information content (AvgIpc) is 2.42. The molecule has 1 aromatic rings. The Balaban J connectivity index is 2.51. The predicted octanol–water partition coefficient (Wildman–Crippen LogP) is 3.50. The summed E-state index contributed by atoms with van der Waals surface area (Å²) < 4.78 is 0. The smallest absolute Gasteiger partial charge is 0.169 e. The molecule has 0 radical (unpaired) electrons. The fourth-order valence-corrected chi connectivity index (χ4v) is 2.20. The first-order chi connectivity index (χ1) is 6.57. The number of halogens is 1. The summed E-state index contributed by atoms with van der Waals surface area (Å²) in [6.45, 7) is 4.09. The first-order valence-electron chi connectivity index (χ1n) is 4.90. The van der Waals surface area contributed by atoms with Gasteiger partial charge in [0.05, 0.1) is 0 Å². The second-order valence-electron chi connectivity index (χ2n) is 4.22. The molecule has 0 heterocycles. The molecule has 1 atom stereocenters. The van der Waals surface area contributed by atoms with E-state index in [1.807, 2.05) is 19.1 Å². The van der Waals surface area contributed by atoms with Crippen molar-refractivity contribution in [2.45, 2.75) is 26.7 Å². The minimum absolute atomic E-state index is 0.201. The van der Waals surface area contributed by atoms with Gasteiger partial charge in [0, 0.05) is 16.0 Å². The number of carbonyl (C=O) groups is 1. The average molecular weight is 209 g/mol. The van der Waals surface area contributed by atoms with Gasteiger partial charge in [-0.1, -0.05) is 31.5 Å². The molecule has 0 saturated carbocycles.